The predicted molar refractivity (Wildman–Crippen MR) is 87.7 cm³/mol. The number of benzene rings is 1. The number of anilines is 1. The van der Waals surface area contributed by atoms with Crippen molar-refractivity contribution >= 4 is 35.3 Å². The van der Waals surface area contributed by atoms with Gasteiger partial charge in [-0.1, -0.05) is 25.1 Å². The number of hydrogen-bond acceptors (Lipinski definition) is 3. The molecule has 0 fully saturated rings. The fraction of sp³-hybridized carbons (Fsp3) is 0.267. The highest BCUT2D eigenvalue weighted by molar-refractivity contribution is 7.11. The molecule has 1 amide bonds. The normalized spacial score (nSPS) is 9.65. The second kappa shape index (κ2) is 8.61. The summed E-state index contributed by atoms with van der Waals surface area (Å²) in [6, 6.07) is 13.9. The molecule has 0 atom stereocenters. The van der Waals surface area contributed by atoms with Crippen LogP contribution in [0.4, 0.5) is 5.69 Å². The molecular formula is C15H19ClN2OS. The number of carbonyl (C=O) groups is 1. The van der Waals surface area contributed by atoms with E-state index in [9.17, 15) is 4.79 Å². The van der Waals surface area contributed by atoms with E-state index in [1.807, 2.05) is 30.3 Å². The van der Waals surface area contributed by atoms with Crippen molar-refractivity contribution in [3.05, 3.63) is 52.2 Å². The first-order valence-corrected chi connectivity index (χ1v) is 7.23. The smallest absolute Gasteiger partial charge is 0.239 e. The molecule has 0 aliphatic carbocycles. The summed E-state index contributed by atoms with van der Waals surface area (Å²) in [5.41, 5.74) is 0.960. The molecule has 0 radical (unpaired) electrons. The number of thiophene rings is 1. The summed E-state index contributed by atoms with van der Waals surface area (Å²) in [5.74, 6) is 0.00954. The number of rotatable bonds is 6. The third-order valence-electron chi connectivity index (χ3n) is 2.75. The largest absolute Gasteiger partial charge is 0.376 e. The first kappa shape index (κ1) is 16.5. The second-order valence-electron chi connectivity index (χ2n) is 4.22. The standard InChI is InChI=1S/C15H18N2OS.ClH/c1-2-13-8-9-14(19-13)10-17-15(18)11-16-12-6-4-3-5-7-12;/h3-9,16H,2,10-11H2,1H3,(H,17,18);1H. The lowest BCUT2D eigenvalue weighted by molar-refractivity contribution is -0.119. The average molecular weight is 311 g/mol. The van der Waals surface area contributed by atoms with Gasteiger partial charge in [-0.2, -0.15) is 0 Å². The first-order chi connectivity index (χ1) is 9.28. The molecule has 0 aliphatic rings. The van der Waals surface area contributed by atoms with E-state index in [-0.39, 0.29) is 18.3 Å². The van der Waals surface area contributed by atoms with Crippen molar-refractivity contribution in [1.82, 2.24) is 5.32 Å². The van der Waals surface area contributed by atoms with Crippen molar-refractivity contribution < 1.29 is 4.79 Å². The zero-order chi connectivity index (χ0) is 13.5. The Bertz CT molecular complexity index is 528. The van der Waals surface area contributed by atoms with Crippen LogP contribution in [0.1, 0.15) is 16.7 Å². The molecule has 0 unspecified atom stereocenters. The molecule has 2 N–H and O–H groups in total. The van der Waals surface area contributed by atoms with Gasteiger partial charge in [-0.05, 0) is 30.7 Å². The molecule has 1 aromatic carbocycles. The van der Waals surface area contributed by atoms with E-state index in [0.29, 0.717) is 13.1 Å². The van der Waals surface area contributed by atoms with Crippen LogP contribution in [0.3, 0.4) is 0 Å². The SMILES string of the molecule is CCc1ccc(CNC(=O)CNc2ccccc2)s1.Cl. The minimum absolute atomic E-state index is 0. The summed E-state index contributed by atoms with van der Waals surface area (Å²) in [7, 11) is 0. The minimum Gasteiger partial charge on any atom is -0.376 e. The zero-order valence-electron chi connectivity index (χ0n) is 11.4. The molecule has 0 spiro atoms. The van der Waals surface area contributed by atoms with Gasteiger partial charge in [0.2, 0.25) is 5.91 Å². The van der Waals surface area contributed by atoms with Crippen molar-refractivity contribution in [2.75, 3.05) is 11.9 Å². The zero-order valence-corrected chi connectivity index (χ0v) is 13.0. The van der Waals surface area contributed by atoms with Gasteiger partial charge in [0, 0.05) is 15.4 Å². The van der Waals surface area contributed by atoms with Gasteiger partial charge in [0.1, 0.15) is 0 Å². The Morgan fingerprint density at radius 1 is 1.10 bits per heavy atom. The molecule has 5 heteroatoms. The summed E-state index contributed by atoms with van der Waals surface area (Å²) >= 11 is 1.75. The highest BCUT2D eigenvalue weighted by Gasteiger charge is 2.03. The van der Waals surface area contributed by atoms with E-state index in [1.165, 1.54) is 9.75 Å². The van der Waals surface area contributed by atoms with Crippen molar-refractivity contribution in [3.63, 3.8) is 0 Å². The van der Waals surface area contributed by atoms with Gasteiger partial charge in [0.25, 0.3) is 0 Å². The van der Waals surface area contributed by atoms with Crippen LogP contribution in [0.2, 0.25) is 0 Å². The van der Waals surface area contributed by atoms with Crippen LogP contribution in [0.15, 0.2) is 42.5 Å². The molecule has 2 rings (SSSR count). The molecule has 20 heavy (non-hydrogen) atoms. The molecular weight excluding hydrogens is 292 g/mol. The van der Waals surface area contributed by atoms with Gasteiger partial charge < -0.3 is 10.6 Å². The molecule has 2 aromatic rings. The quantitative estimate of drug-likeness (QED) is 0.858. The fourth-order valence-corrected chi connectivity index (χ4v) is 2.59. The number of carbonyl (C=O) groups excluding carboxylic acids is 1. The van der Waals surface area contributed by atoms with E-state index >= 15 is 0 Å². The summed E-state index contributed by atoms with van der Waals surface area (Å²) in [6.45, 7) is 3.05. The van der Waals surface area contributed by atoms with E-state index in [4.69, 9.17) is 0 Å². The molecule has 1 aromatic heterocycles. The number of amides is 1. The number of para-hydroxylation sites is 1. The van der Waals surface area contributed by atoms with Crippen LogP contribution in [0, 0.1) is 0 Å². The van der Waals surface area contributed by atoms with E-state index in [2.05, 4.69) is 29.7 Å². The number of halogens is 1. The van der Waals surface area contributed by atoms with Crippen LogP contribution in [0.5, 0.6) is 0 Å². The number of hydrogen-bond donors (Lipinski definition) is 2. The van der Waals surface area contributed by atoms with Gasteiger partial charge in [-0.3, -0.25) is 4.79 Å². The highest BCUT2D eigenvalue weighted by atomic mass is 35.5. The lowest BCUT2D eigenvalue weighted by Gasteiger charge is -2.06. The highest BCUT2D eigenvalue weighted by Crippen LogP contribution is 2.16. The van der Waals surface area contributed by atoms with Gasteiger partial charge in [0.15, 0.2) is 0 Å². The van der Waals surface area contributed by atoms with E-state index in [1.54, 1.807) is 11.3 Å². The van der Waals surface area contributed by atoms with Crippen molar-refractivity contribution in [2.45, 2.75) is 19.9 Å². The Morgan fingerprint density at radius 3 is 2.45 bits per heavy atom. The Morgan fingerprint density at radius 2 is 1.80 bits per heavy atom. The van der Waals surface area contributed by atoms with E-state index in [0.717, 1.165) is 12.1 Å². The van der Waals surface area contributed by atoms with E-state index < -0.39 is 0 Å². The maximum atomic E-state index is 11.7. The maximum Gasteiger partial charge on any atom is 0.239 e. The fourth-order valence-electron chi connectivity index (χ4n) is 1.69. The lowest BCUT2D eigenvalue weighted by atomic mass is 10.3. The Hall–Kier alpha value is -1.52. The van der Waals surface area contributed by atoms with Crippen LogP contribution in [0.25, 0.3) is 0 Å². The minimum atomic E-state index is 0. The Balaban J connectivity index is 0.00000200. The number of aryl methyl sites for hydroxylation is 1. The molecule has 108 valence electrons. The summed E-state index contributed by atoms with van der Waals surface area (Å²) in [5, 5.41) is 6.00. The van der Waals surface area contributed by atoms with Crippen LogP contribution in [-0.2, 0) is 17.8 Å². The molecule has 3 nitrogen and oxygen atoms in total. The van der Waals surface area contributed by atoms with Crippen LogP contribution < -0.4 is 10.6 Å². The van der Waals surface area contributed by atoms with Crippen molar-refractivity contribution in [2.24, 2.45) is 0 Å². The van der Waals surface area contributed by atoms with Crippen LogP contribution in [-0.4, -0.2) is 12.5 Å². The van der Waals surface area contributed by atoms with Gasteiger partial charge in [-0.15, -0.1) is 23.7 Å². The average Bonchev–Trinajstić information content (AvgIpc) is 2.92. The second-order valence-corrected chi connectivity index (χ2v) is 5.47. The molecule has 0 saturated carbocycles. The summed E-state index contributed by atoms with van der Waals surface area (Å²) < 4.78 is 0. The molecule has 0 saturated heterocycles. The van der Waals surface area contributed by atoms with Crippen LogP contribution >= 0.6 is 23.7 Å². The maximum absolute atomic E-state index is 11.7. The summed E-state index contributed by atoms with van der Waals surface area (Å²) in [4.78, 5) is 14.2. The first-order valence-electron chi connectivity index (χ1n) is 6.41. The molecule has 0 bridgehead atoms. The van der Waals surface area contributed by atoms with Crippen molar-refractivity contribution in [3.8, 4) is 0 Å². The monoisotopic (exact) mass is 310 g/mol. The molecule has 0 aliphatic heterocycles. The lowest BCUT2D eigenvalue weighted by Crippen LogP contribution is -2.29. The Labute approximate surface area is 129 Å². The summed E-state index contributed by atoms with van der Waals surface area (Å²) in [6.07, 6.45) is 1.05. The number of nitrogens with one attached hydrogen (secondary N) is 2. The van der Waals surface area contributed by atoms with Gasteiger partial charge in [0.05, 0.1) is 13.1 Å². The van der Waals surface area contributed by atoms with Gasteiger partial charge >= 0.3 is 0 Å². The topological polar surface area (TPSA) is 41.1 Å². The predicted octanol–water partition coefficient (Wildman–Crippen LogP) is 3.46. The van der Waals surface area contributed by atoms with Crippen molar-refractivity contribution in [1.29, 1.82) is 0 Å². The molecule has 1 heterocycles. The Kier molecular flexibility index (Phi) is 7.12. The van der Waals surface area contributed by atoms with Gasteiger partial charge in [-0.25, -0.2) is 0 Å². The third-order valence-corrected chi connectivity index (χ3v) is 3.98. The third kappa shape index (κ3) is 5.23.